The normalized spacial score (nSPS) is 10.7. The molecule has 0 spiro atoms. The van der Waals surface area contributed by atoms with Crippen LogP contribution in [0.1, 0.15) is 31.1 Å². The predicted octanol–water partition coefficient (Wildman–Crippen LogP) is 2.91. The zero-order valence-electron chi connectivity index (χ0n) is 13.0. The lowest BCUT2D eigenvalue weighted by molar-refractivity contribution is 0.102. The van der Waals surface area contributed by atoms with Crippen LogP contribution in [0.3, 0.4) is 0 Å². The van der Waals surface area contributed by atoms with Crippen molar-refractivity contribution in [1.29, 1.82) is 0 Å². The molecule has 0 aliphatic carbocycles. The lowest BCUT2D eigenvalue weighted by atomic mass is 10.2. The fourth-order valence-corrected chi connectivity index (χ4v) is 2.32. The van der Waals surface area contributed by atoms with E-state index in [9.17, 15) is 4.79 Å². The Labute approximate surface area is 125 Å². The highest BCUT2D eigenvalue weighted by molar-refractivity contribution is 6.03. The van der Waals surface area contributed by atoms with Crippen LogP contribution in [-0.2, 0) is 7.05 Å². The van der Waals surface area contributed by atoms with Crippen molar-refractivity contribution in [3.63, 3.8) is 0 Å². The average molecular weight is 286 g/mol. The quantitative estimate of drug-likeness (QED) is 0.919. The number of aryl methyl sites for hydroxylation is 1. The maximum atomic E-state index is 12.0. The van der Waals surface area contributed by atoms with Gasteiger partial charge in [-0.15, -0.1) is 0 Å². The Balaban J connectivity index is 2.07. The molecule has 0 unspecified atom stereocenters. The highest BCUT2D eigenvalue weighted by atomic mass is 16.1. The van der Waals surface area contributed by atoms with Crippen LogP contribution < -0.4 is 10.2 Å². The zero-order valence-corrected chi connectivity index (χ0v) is 13.0. The molecule has 5 nitrogen and oxygen atoms in total. The summed E-state index contributed by atoms with van der Waals surface area (Å²) in [5.74, 6) is -0.146. The minimum Gasteiger partial charge on any atom is -0.369 e. The van der Waals surface area contributed by atoms with E-state index in [-0.39, 0.29) is 5.91 Å². The number of nitrogens with one attached hydrogen (secondary N) is 1. The Morgan fingerprint density at radius 3 is 2.48 bits per heavy atom. The minimum absolute atomic E-state index is 0.146. The molecule has 0 aliphatic heterocycles. The van der Waals surface area contributed by atoms with Gasteiger partial charge in [-0.1, -0.05) is 0 Å². The Hall–Kier alpha value is -2.30. The van der Waals surface area contributed by atoms with Crippen molar-refractivity contribution in [2.24, 2.45) is 7.05 Å². The summed E-state index contributed by atoms with van der Waals surface area (Å²) in [6.45, 7) is 7.43. The van der Waals surface area contributed by atoms with Gasteiger partial charge >= 0.3 is 0 Å². The van der Waals surface area contributed by atoms with Gasteiger partial charge in [0.05, 0.1) is 11.8 Å². The number of hydrogen-bond donors (Lipinski definition) is 1. The van der Waals surface area contributed by atoms with Gasteiger partial charge < -0.3 is 10.2 Å². The Morgan fingerprint density at radius 2 is 2.00 bits per heavy atom. The van der Waals surface area contributed by atoms with Crippen LogP contribution in [0.5, 0.6) is 0 Å². The van der Waals surface area contributed by atoms with E-state index in [1.54, 1.807) is 24.1 Å². The van der Waals surface area contributed by atoms with E-state index in [0.717, 1.165) is 17.9 Å². The molecule has 0 fully saturated rings. The third kappa shape index (κ3) is 3.62. The first-order valence-electron chi connectivity index (χ1n) is 7.18. The van der Waals surface area contributed by atoms with Crippen molar-refractivity contribution < 1.29 is 4.79 Å². The van der Waals surface area contributed by atoms with Gasteiger partial charge in [0.2, 0.25) is 0 Å². The Bertz CT molecular complexity index is 601. The standard InChI is InChI=1S/C16H22N4O/c1-5-20(12(2)3)15-8-6-14(7-9-15)18-16(21)13-10-17-19(4)11-13/h6-12H,5H2,1-4H3,(H,18,21). The molecule has 1 aromatic carbocycles. The molecule has 0 bridgehead atoms. The molecule has 0 saturated carbocycles. The zero-order chi connectivity index (χ0) is 15.4. The van der Waals surface area contributed by atoms with Gasteiger partial charge in [-0.05, 0) is 45.0 Å². The maximum Gasteiger partial charge on any atom is 0.258 e. The molecule has 1 aromatic heterocycles. The van der Waals surface area contributed by atoms with Gasteiger partial charge in [0, 0.05) is 37.2 Å². The third-order valence-electron chi connectivity index (χ3n) is 3.39. The fourth-order valence-electron chi connectivity index (χ4n) is 2.32. The number of carbonyl (C=O) groups excluding carboxylic acids is 1. The second-order valence-electron chi connectivity index (χ2n) is 5.28. The van der Waals surface area contributed by atoms with Gasteiger partial charge in [0.1, 0.15) is 0 Å². The highest BCUT2D eigenvalue weighted by Gasteiger charge is 2.10. The monoisotopic (exact) mass is 286 g/mol. The summed E-state index contributed by atoms with van der Waals surface area (Å²) in [5.41, 5.74) is 2.50. The number of rotatable bonds is 5. The molecule has 5 heteroatoms. The van der Waals surface area contributed by atoms with Gasteiger partial charge in [-0.25, -0.2) is 0 Å². The second kappa shape index (κ2) is 6.43. The first-order chi connectivity index (χ1) is 10.0. The molecule has 0 atom stereocenters. The summed E-state index contributed by atoms with van der Waals surface area (Å²) < 4.78 is 1.61. The van der Waals surface area contributed by atoms with Crippen LogP contribution in [0, 0.1) is 0 Å². The van der Waals surface area contributed by atoms with E-state index in [4.69, 9.17) is 0 Å². The molecule has 0 saturated heterocycles. The topological polar surface area (TPSA) is 50.2 Å². The molecule has 2 aromatic rings. The number of benzene rings is 1. The van der Waals surface area contributed by atoms with E-state index < -0.39 is 0 Å². The molecule has 21 heavy (non-hydrogen) atoms. The molecular formula is C16H22N4O. The van der Waals surface area contributed by atoms with Crippen LogP contribution >= 0.6 is 0 Å². The van der Waals surface area contributed by atoms with E-state index >= 15 is 0 Å². The summed E-state index contributed by atoms with van der Waals surface area (Å²) in [6.07, 6.45) is 3.25. The largest absolute Gasteiger partial charge is 0.369 e. The molecule has 0 aliphatic rings. The van der Waals surface area contributed by atoms with E-state index in [1.165, 1.54) is 0 Å². The summed E-state index contributed by atoms with van der Waals surface area (Å²) in [5, 5.41) is 6.87. The fraction of sp³-hybridized carbons (Fsp3) is 0.375. The summed E-state index contributed by atoms with van der Waals surface area (Å²) in [4.78, 5) is 14.3. The smallest absolute Gasteiger partial charge is 0.258 e. The van der Waals surface area contributed by atoms with Crippen LogP contribution in [0.2, 0.25) is 0 Å². The van der Waals surface area contributed by atoms with E-state index in [1.807, 2.05) is 24.3 Å². The van der Waals surface area contributed by atoms with Crippen LogP contribution in [0.4, 0.5) is 11.4 Å². The van der Waals surface area contributed by atoms with E-state index in [0.29, 0.717) is 11.6 Å². The van der Waals surface area contributed by atoms with Gasteiger partial charge in [-0.3, -0.25) is 9.48 Å². The van der Waals surface area contributed by atoms with Crippen LogP contribution in [0.15, 0.2) is 36.7 Å². The first-order valence-corrected chi connectivity index (χ1v) is 7.18. The molecule has 0 radical (unpaired) electrons. The number of aromatic nitrogens is 2. The molecule has 1 amide bonds. The van der Waals surface area contributed by atoms with Gasteiger partial charge in [0.25, 0.3) is 5.91 Å². The van der Waals surface area contributed by atoms with Crippen molar-refractivity contribution in [2.45, 2.75) is 26.8 Å². The average Bonchev–Trinajstić information content (AvgIpc) is 2.88. The second-order valence-corrected chi connectivity index (χ2v) is 5.28. The van der Waals surface area contributed by atoms with Crippen molar-refractivity contribution in [3.8, 4) is 0 Å². The third-order valence-corrected chi connectivity index (χ3v) is 3.39. The SMILES string of the molecule is CCN(c1ccc(NC(=O)c2cnn(C)c2)cc1)C(C)C. The molecular weight excluding hydrogens is 264 g/mol. The van der Waals surface area contributed by atoms with Crippen LogP contribution in [0.25, 0.3) is 0 Å². The predicted molar refractivity (Wildman–Crippen MR) is 85.8 cm³/mol. The van der Waals surface area contributed by atoms with Gasteiger partial charge in [-0.2, -0.15) is 5.10 Å². The number of hydrogen-bond acceptors (Lipinski definition) is 3. The Morgan fingerprint density at radius 1 is 1.33 bits per heavy atom. The van der Waals surface area contributed by atoms with Crippen molar-refractivity contribution >= 4 is 17.3 Å². The lowest BCUT2D eigenvalue weighted by Gasteiger charge is -2.27. The van der Waals surface area contributed by atoms with Crippen LogP contribution in [-0.4, -0.2) is 28.3 Å². The number of amides is 1. The molecule has 2 rings (SSSR count). The number of carbonyl (C=O) groups is 1. The van der Waals surface area contributed by atoms with Crippen molar-refractivity contribution in [2.75, 3.05) is 16.8 Å². The maximum absolute atomic E-state index is 12.0. The highest BCUT2D eigenvalue weighted by Crippen LogP contribution is 2.20. The van der Waals surface area contributed by atoms with E-state index in [2.05, 4.69) is 36.1 Å². The molecule has 1 N–H and O–H groups in total. The first kappa shape index (κ1) is 15.1. The summed E-state index contributed by atoms with van der Waals surface area (Å²) in [7, 11) is 1.79. The lowest BCUT2D eigenvalue weighted by Crippen LogP contribution is -2.30. The number of nitrogens with zero attached hydrogens (tertiary/aromatic N) is 3. The van der Waals surface area contributed by atoms with Crippen molar-refractivity contribution in [3.05, 3.63) is 42.2 Å². The summed E-state index contributed by atoms with van der Waals surface area (Å²) in [6, 6.07) is 8.36. The van der Waals surface area contributed by atoms with Gasteiger partial charge in [0.15, 0.2) is 0 Å². The number of anilines is 2. The van der Waals surface area contributed by atoms with Crippen molar-refractivity contribution in [1.82, 2.24) is 9.78 Å². The molecule has 112 valence electrons. The Kier molecular flexibility index (Phi) is 4.62. The molecule has 1 heterocycles. The summed E-state index contributed by atoms with van der Waals surface area (Å²) >= 11 is 0. The minimum atomic E-state index is -0.146.